The molecule has 6 heteroatoms. The minimum Gasteiger partial charge on any atom is -0.425 e. The van der Waals surface area contributed by atoms with E-state index in [1.807, 2.05) is 0 Å². The number of halogens is 2. The highest BCUT2D eigenvalue weighted by Gasteiger charge is 2.08. The Labute approximate surface area is 96.5 Å². The second-order valence-electron chi connectivity index (χ2n) is 3.55. The van der Waals surface area contributed by atoms with Gasteiger partial charge in [-0.1, -0.05) is 6.07 Å². The highest BCUT2D eigenvalue weighted by atomic mass is 19.2. The van der Waals surface area contributed by atoms with Gasteiger partial charge in [0.25, 0.3) is 0 Å². The first-order valence-electron chi connectivity index (χ1n) is 5.14. The Bertz CT molecular complexity index is 513. The largest absolute Gasteiger partial charge is 0.425 e. The molecule has 0 unspecified atom stereocenters. The standard InChI is InChI=1S/C11H11F2N3O/c12-8-2-1-7(5-9(8)13)6-11-16-15-10(17-11)3-4-14/h1-2,5H,3-4,6,14H2. The second-order valence-corrected chi connectivity index (χ2v) is 3.55. The van der Waals surface area contributed by atoms with Gasteiger partial charge in [-0.3, -0.25) is 0 Å². The zero-order valence-corrected chi connectivity index (χ0v) is 8.99. The lowest BCUT2D eigenvalue weighted by Gasteiger charge is -1.98. The van der Waals surface area contributed by atoms with Gasteiger partial charge in [0.2, 0.25) is 11.8 Å². The molecule has 2 N–H and O–H groups in total. The van der Waals surface area contributed by atoms with Crippen LogP contribution in [0.1, 0.15) is 17.3 Å². The van der Waals surface area contributed by atoms with Crippen LogP contribution in [0.2, 0.25) is 0 Å². The van der Waals surface area contributed by atoms with Gasteiger partial charge in [0.05, 0.1) is 6.42 Å². The summed E-state index contributed by atoms with van der Waals surface area (Å²) in [4.78, 5) is 0. The first kappa shape index (κ1) is 11.7. The number of nitrogens with zero attached hydrogens (tertiary/aromatic N) is 2. The molecule has 0 bridgehead atoms. The Morgan fingerprint density at radius 2 is 1.88 bits per heavy atom. The summed E-state index contributed by atoms with van der Waals surface area (Å²) in [7, 11) is 0. The molecular weight excluding hydrogens is 228 g/mol. The molecule has 0 aliphatic rings. The average Bonchev–Trinajstić information content (AvgIpc) is 2.72. The van der Waals surface area contributed by atoms with E-state index in [0.29, 0.717) is 30.3 Å². The lowest BCUT2D eigenvalue weighted by Crippen LogP contribution is -2.02. The first-order valence-corrected chi connectivity index (χ1v) is 5.14. The molecule has 0 saturated heterocycles. The van der Waals surface area contributed by atoms with E-state index in [0.717, 1.165) is 12.1 Å². The van der Waals surface area contributed by atoms with Crippen LogP contribution in [0, 0.1) is 11.6 Å². The van der Waals surface area contributed by atoms with Crippen molar-refractivity contribution >= 4 is 0 Å². The number of aromatic nitrogens is 2. The van der Waals surface area contributed by atoms with E-state index in [-0.39, 0.29) is 6.42 Å². The topological polar surface area (TPSA) is 64.9 Å². The van der Waals surface area contributed by atoms with E-state index in [1.165, 1.54) is 6.07 Å². The van der Waals surface area contributed by atoms with Crippen LogP contribution in [0.15, 0.2) is 22.6 Å². The minimum atomic E-state index is -0.885. The fourth-order valence-corrected chi connectivity index (χ4v) is 1.41. The Morgan fingerprint density at radius 3 is 2.59 bits per heavy atom. The number of hydrogen-bond acceptors (Lipinski definition) is 4. The maximum atomic E-state index is 12.9. The van der Waals surface area contributed by atoms with Crippen LogP contribution in [0.25, 0.3) is 0 Å². The molecular formula is C11H11F2N3O. The van der Waals surface area contributed by atoms with Crippen LogP contribution >= 0.6 is 0 Å². The summed E-state index contributed by atoms with van der Waals surface area (Å²) in [6, 6.07) is 3.66. The summed E-state index contributed by atoms with van der Waals surface area (Å²) in [6.45, 7) is 0.423. The highest BCUT2D eigenvalue weighted by molar-refractivity contribution is 5.20. The van der Waals surface area contributed by atoms with Gasteiger partial charge in [-0.15, -0.1) is 10.2 Å². The van der Waals surface area contributed by atoms with E-state index < -0.39 is 11.6 Å². The molecule has 0 spiro atoms. The molecule has 0 amide bonds. The Morgan fingerprint density at radius 1 is 1.12 bits per heavy atom. The average molecular weight is 239 g/mol. The van der Waals surface area contributed by atoms with Crippen LogP contribution in [-0.4, -0.2) is 16.7 Å². The van der Waals surface area contributed by atoms with Crippen molar-refractivity contribution in [2.45, 2.75) is 12.8 Å². The zero-order chi connectivity index (χ0) is 12.3. The van der Waals surface area contributed by atoms with Crippen molar-refractivity contribution in [1.82, 2.24) is 10.2 Å². The lowest BCUT2D eigenvalue weighted by molar-refractivity contribution is 0.457. The third-order valence-electron chi connectivity index (χ3n) is 2.21. The molecule has 2 rings (SSSR count). The molecule has 1 aromatic carbocycles. The summed E-state index contributed by atoms with van der Waals surface area (Å²) >= 11 is 0. The van der Waals surface area contributed by atoms with Gasteiger partial charge >= 0.3 is 0 Å². The van der Waals surface area contributed by atoms with Gasteiger partial charge < -0.3 is 10.2 Å². The van der Waals surface area contributed by atoms with Crippen molar-refractivity contribution in [3.05, 3.63) is 47.2 Å². The van der Waals surface area contributed by atoms with E-state index >= 15 is 0 Å². The summed E-state index contributed by atoms with van der Waals surface area (Å²) in [5, 5.41) is 7.57. The molecule has 0 atom stereocenters. The summed E-state index contributed by atoms with van der Waals surface area (Å²) in [5.41, 5.74) is 5.92. The molecule has 0 aliphatic carbocycles. The van der Waals surface area contributed by atoms with E-state index in [4.69, 9.17) is 10.2 Å². The van der Waals surface area contributed by atoms with Crippen LogP contribution in [0.4, 0.5) is 8.78 Å². The molecule has 90 valence electrons. The van der Waals surface area contributed by atoms with Crippen LogP contribution in [0.3, 0.4) is 0 Å². The molecule has 0 fully saturated rings. The number of benzene rings is 1. The molecule has 2 aromatic rings. The van der Waals surface area contributed by atoms with Gasteiger partial charge in [-0.2, -0.15) is 0 Å². The van der Waals surface area contributed by atoms with Crippen molar-refractivity contribution in [1.29, 1.82) is 0 Å². The molecule has 1 heterocycles. The Kier molecular flexibility index (Phi) is 3.43. The van der Waals surface area contributed by atoms with Crippen molar-refractivity contribution in [2.75, 3.05) is 6.54 Å². The number of nitrogens with two attached hydrogens (primary N) is 1. The number of hydrogen-bond donors (Lipinski definition) is 1. The molecule has 17 heavy (non-hydrogen) atoms. The van der Waals surface area contributed by atoms with Gasteiger partial charge in [0, 0.05) is 13.0 Å². The lowest BCUT2D eigenvalue weighted by atomic mass is 10.1. The third-order valence-corrected chi connectivity index (χ3v) is 2.21. The molecule has 4 nitrogen and oxygen atoms in total. The van der Waals surface area contributed by atoms with E-state index in [9.17, 15) is 8.78 Å². The van der Waals surface area contributed by atoms with Crippen molar-refractivity contribution in [2.24, 2.45) is 5.73 Å². The number of rotatable bonds is 4. The summed E-state index contributed by atoms with van der Waals surface area (Å²) in [6.07, 6.45) is 0.777. The second kappa shape index (κ2) is 5.01. The van der Waals surface area contributed by atoms with Gasteiger partial charge in [-0.05, 0) is 17.7 Å². The van der Waals surface area contributed by atoms with Crippen molar-refractivity contribution < 1.29 is 13.2 Å². The highest BCUT2D eigenvalue weighted by Crippen LogP contribution is 2.12. The molecule has 1 aromatic heterocycles. The SMILES string of the molecule is NCCc1nnc(Cc2ccc(F)c(F)c2)o1. The fourth-order valence-electron chi connectivity index (χ4n) is 1.41. The van der Waals surface area contributed by atoms with Crippen LogP contribution < -0.4 is 5.73 Å². The van der Waals surface area contributed by atoms with Crippen molar-refractivity contribution in [3.8, 4) is 0 Å². The zero-order valence-electron chi connectivity index (χ0n) is 8.99. The maximum absolute atomic E-state index is 12.9. The fraction of sp³-hybridized carbons (Fsp3) is 0.273. The monoisotopic (exact) mass is 239 g/mol. The van der Waals surface area contributed by atoms with Gasteiger partial charge in [0.1, 0.15) is 0 Å². The smallest absolute Gasteiger partial charge is 0.220 e. The predicted molar refractivity (Wildman–Crippen MR) is 56.2 cm³/mol. The van der Waals surface area contributed by atoms with Gasteiger partial charge in [-0.25, -0.2) is 8.78 Å². The molecule has 0 aliphatic heterocycles. The first-order chi connectivity index (χ1) is 8.19. The van der Waals surface area contributed by atoms with E-state index in [2.05, 4.69) is 10.2 Å². The molecule has 0 radical (unpaired) electrons. The Balaban J connectivity index is 2.11. The normalized spacial score (nSPS) is 10.8. The minimum absolute atomic E-state index is 0.273. The van der Waals surface area contributed by atoms with Crippen molar-refractivity contribution in [3.63, 3.8) is 0 Å². The van der Waals surface area contributed by atoms with Crippen LogP contribution in [-0.2, 0) is 12.8 Å². The molecule has 0 saturated carbocycles. The summed E-state index contributed by atoms with van der Waals surface area (Å²) < 4.78 is 30.9. The van der Waals surface area contributed by atoms with Crippen LogP contribution in [0.5, 0.6) is 0 Å². The quantitative estimate of drug-likeness (QED) is 0.876. The Hall–Kier alpha value is -1.82. The van der Waals surface area contributed by atoms with Gasteiger partial charge in [0.15, 0.2) is 11.6 Å². The summed E-state index contributed by atoms with van der Waals surface area (Å²) in [5.74, 6) is -0.947. The predicted octanol–water partition coefficient (Wildman–Crippen LogP) is 1.44. The maximum Gasteiger partial charge on any atom is 0.220 e. The van der Waals surface area contributed by atoms with E-state index in [1.54, 1.807) is 0 Å². The third kappa shape index (κ3) is 2.85.